The largest absolute Gasteiger partial charge is 0.372 e. The molecule has 2 aromatic carbocycles. The highest BCUT2D eigenvalue weighted by molar-refractivity contribution is 7.94. The van der Waals surface area contributed by atoms with E-state index in [2.05, 4.69) is 28.8 Å². The standard InChI is InChI=1S/C23H31N3O4S/c1-16-14-26(15-17(2)30-16)21-8-6-7-20(13-21)24-22(27)18-9-11-19(12-10-18)25-31(28,29)23(3,4)5/h6-13,16-17,25H,14-15H2,1-5H3,(H,24,27)/t16-,17+. The fraction of sp³-hybridized carbons (Fsp3) is 0.435. The summed E-state index contributed by atoms with van der Waals surface area (Å²) in [5.74, 6) is -0.258. The highest BCUT2D eigenvalue weighted by atomic mass is 32.2. The van der Waals surface area contributed by atoms with Gasteiger partial charge in [0.2, 0.25) is 10.0 Å². The van der Waals surface area contributed by atoms with Gasteiger partial charge >= 0.3 is 0 Å². The van der Waals surface area contributed by atoms with E-state index < -0.39 is 14.8 Å². The summed E-state index contributed by atoms with van der Waals surface area (Å²) in [7, 11) is -3.52. The first-order valence-corrected chi connectivity index (χ1v) is 11.9. The number of carbonyl (C=O) groups is 1. The van der Waals surface area contributed by atoms with Gasteiger partial charge in [0.05, 0.1) is 17.0 Å². The fourth-order valence-electron chi connectivity index (χ4n) is 3.37. The second-order valence-corrected chi connectivity index (χ2v) is 11.4. The minimum atomic E-state index is -3.52. The van der Waals surface area contributed by atoms with Gasteiger partial charge in [0.1, 0.15) is 0 Å². The number of sulfonamides is 1. The average molecular weight is 446 g/mol. The van der Waals surface area contributed by atoms with Crippen molar-refractivity contribution in [3.05, 3.63) is 54.1 Å². The second-order valence-electron chi connectivity index (χ2n) is 8.96. The van der Waals surface area contributed by atoms with E-state index in [9.17, 15) is 13.2 Å². The molecular weight excluding hydrogens is 414 g/mol. The highest BCUT2D eigenvalue weighted by Crippen LogP contribution is 2.24. The summed E-state index contributed by atoms with van der Waals surface area (Å²) in [5.41, 5.74) is 2.60. The molecule has 1 saturated heterocycles. The highest BCUT2D eigenvalue weighted by Gasteiger charge is 2.29. The van der Waals surface area contributed by atoms with Crippen LogP contribution >= 0.6 is 0 Å². The molecule has 0 bridgehead atoms. The Morgan fingerprint density at radius 1 is 1.00 bits per heavy atom. The molecule has 0 spiro atoms. The van der Waals surface area contributed by atoms with E-state index >= 15 is 0 Å². The lowest BCUT2D eigenvalue weighted by Crippen LogP contribution is -2.45. The maximum Gasteiger partial charge on any atom is 0.255 e. The van der Waals surface area contributed by atoms with Gasteiger partial charge in [-0.3, -0.25) is 9.52 Å². The van der Waals surface area contributed by atoms with Crippen LogP contribution in [0.1, 0.15) is 45.0 Å². The normalized spacial score (nSPS) is 19.7. The third kappa shape index (κ3) is 5.77. The Bertz CT molecular complexity index is 1020. The van der Waals surface area contributed by atoms with Crippen LogP contribution in [0.25, 0.3) is 0 Å². The van der Waals surface area contributed by atoms with Gasteiger partial charge < -0.3 is 15.0 Å². The first kappa shape index (κ1) is 23.1. The van der Waals surface area contributed by atoms with E-state index in [0.717, 1.165) is 18.8 Å². The van der Waals surface area contributed by atoms with Crippen molar-refractivity contribution in [3.63, 3.8) is 0 Å². The molecule has 0 unspecified atom stereocenters. The Balaban J connectivity index is 1.68. The Hall–Kier alpha value is -2.58. The van der Waals surface area contributed by atoms with Crippen LogP contribution in [-0.2, 0) is 14.8 Å². The van der Waals surface area contributed by atoms with E-state index in [0.29, 0.717) is 16.9 Å². The smallest absolute Gasteiger partial charge is 0.255 e. The maximum absolute atomic E-state index is 12.7. The van der Waals surface area contributed by atoms with Crippen molar-refractivity contribution in [3.8, 4) is 0 Å². The summed E-state index contributed by atoms with van der Waals surface area (Å²) in [4.78, 5) is 14.9. The van der Waals surface area contributed by atoms with E-state index in [1.165, 1.54) is 0 Å². The monoisotopic (exact) mass is 445 g/mol. The van der Waals surface area contributed by atoms with Crippen molar-refractivity contribution >= 4 is 33.0 Å². The van der Waals surface area contributed by atoms with E-state index in [4.69, 9.17) is 4.74 Å². The summed E-state index contributed by atoms with van der Waals surface area (Å²) >= 11 is 0. The zero-order valence-corrected chi connectivity index (χ0v) is 19.5. The van der Waals surface area contributed by atoms with Crippen molar-refractivity contribution in [2.75, 3.05) is 28.0 Å². The Kier molecular flexibility index (Phi) is 6.62. The van der Waals surface area contributed by atoms with Crippen molar-refractivity contribution in [2.45, 2.75) is 51.6 Å². The molecule has 1 amide bonds. The number of nitrogens with one attached hydrogen (secondary N) is 2. The number of amides is 1. The maximum atomic E-state index is 12.7. The summed E-state index contributed by atoms with van der Waals surface area (Å²) in [5, 5.41) is 2.92. The molecule has 7 nitrogen and oxygen atoms in total. The van der Waals surface area contributed by atoms with Crippen LogP contribution in [0.3, 0.4) is 0 Å². The minimum Gasteiger partial charge on any atom is -0.372 e. The number of morpholine rings is 1. The molecule has 1 heterocycles. The van der Waals surface area contributed by atoms with Crippen LogP contribution in [-0.4, -0.2) is 44.4 Å². The van der Waals surface area contributed by atoms with Crippen LogP contribution in [0.5, 0.6) is 0 Å². The quantitative estimate of drug-likeness (QED) is 0.724. The van der Waals surface area contributed by atoms with Gasteiger partial charge in [0.15, 0.2) is 0 Å². The van der Waals surface area contributed by atoms with Crippen LogP contribution in [0, 0.1) is 0 Å². The molecule has 2 aromatic rings. The first-order valence-electron chi connectivity index (χ1n) is 10.4. The molecule has 168 valence electrons. The summed E-state index contributed by atoms with van der Waals surface area (Å²) in [6.45, 7) is 10.6. The molecule has 3 rings (SSSR count). The van der Waals surface area contributed by atoms with Gasteiger partial charge in [-0.1, -0.05) is 6.07 Å². The number of hydrogen-bond acceptors (Lipinski definition) is 5. The Morgan fingerprint density at radius 3 is 2.19 bits per heavy atom. The van der Waals surface area contributed by atoms with Gasteiger partial charge in [-0.05, 0) is 77.1 Å². The summed E-state index contributed by atoms with van der Waals surface area (Å²) < 4.78 is 32.0. The lowest BCUT2D eigenvalue weighted by molar-refractivity contribution is -0.00521. The molecule has 0 aromatic heterocycles. The van der Waals surface area contributed by atoms with Gasteiger partial charge in [-0.2, -0.15) is 0 Å². The van der Waals surface area contributed by atoms with Crippen LogP contribution in [0.4, 0.5) is 17.1 Å². The van der Waals surface area contributed by atoms with Crippen molar-refractivity contribution in [2.24, 2.45) is 0 Å². The number of hydrogen-bond donors (Lipinski definition) is 2. The zero-order valence-electron chi connectivity index (χ0n) is 18.7. The molecule has 2 N–H and O–H groups in total. The predicted molar refractivity (Wildman–Crippen MR) is 125 cm³/mol. The molecule has 0 aliphatic carbocycles. The molecule has 31 heavy (non-hydrogen) atoms. The molecular formula is C23H31N3O4S. The Morgan fingerprint density at radius 2 is 1.61 bits per heavy atom. The van der Waals surface area contributed by atoms with E-state index in [1.54, 1.807) is 45.0 Å². The van der Waals surface area contributed by atoms with Gasteiger partial charge in [0.25, 0.3) is 5.91 Å². The molecule has 1 fully saturated rings. The third-order valence-electron chi connectivity index (χ3n) is 5.09. The zero-order chi connectivity index (χ0) is 22.8. The number of rotatable bonds is 5. The van der Waals surface area contributed by atoms with Crippen molar-refractivity contribution < 1.29 is 17.9 Å². The van der Waals surface area contributed by atoms with Gasteiger partial charge in [-0.15, -0.1) is 0 Å². The molecule has 2 atom stereocenters. The van der Waals surface area contributed by atoms with E-state index in [1.807, 2.05) is 24.3 Å². The van der Waals surface area contributed by atoms with E-state index in [-0.39, 0.29) is 18.1 Å². The Labute approximate surface area is 184 Å². The average Bonchev–Trinajstić information content (AvgIpc) is 2.67. The molecule has 1 aliphatic heterocycles. The summed E-state index contributed by atoms with van der Waals surface area (Å²) in [6.07, 6.45) is 0.299. The molecule has 8 heteroatoms. The molecule has 0 saturated carbocycles. The van der Waals surface area contributed by atoms with Crippen LogP contribution in [0.15, 0.2) is 48.5 Å². The first-order chi connectivity index (χ1) is 14.4. The number of carbonyl (C=O) groups excluding carboxylic acids is 1. The van der Waals surface area contributed by atoms with Gasteiger partial charge in [0, 0.05) is 35.7 Å². The number of ether oxygens (including phenoxy) is 1. The predicted octanol–water partition coefficient (Wildman–Crippen LogP) is 4.09. The lowest BCUT2D eigenvalue weighted by atomic mass is 10.1. The molecule has 1 aliphatic rings. The fourth-order valence-corrected chi connectivity index (χ4v) is 4.12. The summed E-state index contributed by atoms with van der Waals surface area (Å²) in [6, 6.07) is 14.1. The topological polar surface area (TPSA) is 87.7 Å². The van der Waals surface area contributed by atoms with Crippen molar-refractivity contribution in [1.82, 2.24) is 0 Å². The number of anilines is 3. The third-order valence-corrected chi connectivity index (χ3v) is 7.21. The molecule has 0 radical (unpaired) electrons. The van der Waals surface area contributed by atoms with Crippen LogP contribution < -0.4 is 14.9 Å². The second kappa shape index (κ2) is 8.88. The van der Waals surface area contributed by atoms with Crippen LogP contribution in [0.2, 0.25) is 0 Å². The lowest BCUT2D eigenvalue weighted by Gasteiger charge is -2.37. The number of nitrogens with zero attached hydrogens (tertiary/aromatic N) is 1. The number of benzene rings is 2. The van der Waals surface area contributed by atoms with Crippen molar-refractivity contribution in [1.29, 1.82) is 0 Å². The van der Waals surface area contributed by atoms with Gasteiger partial charge in [-0.25, -0.2) is 8.42 Å². The minimum absolute atomic E-state index is 0.149. The SMILES string of the molecule is C[C@@H]1CN(c2cccc(NC(=O)c3ccc(NS(=O)(=O)C(C)(C)C)cc3)c2)C[C@H](C)O1.